The molecular weight excluding hydrogens is 294 g/mol. The fraction of sp³-hybridized carbons (Fsp3) is 0.0769. The number of nitrogens with one attached hydrogen (secondary N) is 1. The molecule has 7 nitrogen and oxygen atoms in total. The van der Waals surface area contributed by atoms with Crippen molar-refractivity contribution >= 4 is 28.7 Å². The fourth-order valence-corrected chi connectivity index (χ4v) is 2.17. The lowest BCUT2D eigenvalue weighted by Gasteiger charge is -2.05. The minimum absolute atomic E-state index is 0.314. The van der Waals surface area contributed by atoms with E-state index in [1.165, 1.54) is 6.33 Å². The molecule has 1 amide bonds. The van der Waals surface area contributed by atoms with Crippen molar-refractivity contribution in [1.29, 1.82) is 0 Å². The molecular formula is C13H10ClN5O2. The maximum absolute atomic E-state index is 11.2. The molecule has 0 spiro atoms. The van der Waals surface area contributed by atoms with Gasteiger partial charge in [0.2, 0.25) is 0 Å². The van der Waals surface area contributed by atoms with Crippen molar-refractivity contribution in [2.45, 2.75) is 6.54 Å². The molecule has 2 N–H and O–H groups in total. The van der Waals surface area contributed by atoms with Crippen LogP contribution >= 0.6 is 11.6 Å². The van der Waals surface area contributed by atoms with Crippen LogP contribution in [0.4, 0.5) is 0 Å². The molecule has 0 fully saturated rings. The highest BCUT2D eigenvalue weighted by Gasteiger charge is 2.09. The fourth-order valence-electron chi connectivity index (χ4n) is 1.99. The second-order valence-corrected chi connectivity index (χ2v) is 4.71. The molecule has 3 rings (SSSR count). The number of carbonyl (C=O) groups is 1. The van der Waals surface area contributed by atoms with E-state index in [9.17, 15) is 4.79 Å². The molecule has 0 unspecified atom stereocenters. The summed E-state index contributed by atoms with van der Waals surface area (Å²) in [6.07, 6.45) is 3.02. The van der Waals surface area contributed by atoms with Crippen LogP contribution in [0.5, 0.6) is 0 Å². The summed E-state index contributed by atoms with van der Waals surface area (Å²) in [6.45, 7) is 0.533. The number of carbonyl (C=O) groups excluding carboxylic acids is 1. The highest BCUT2D eigenvalue weighted by molar-refractivity contribution is 6.33. The van der Waals surface area contributed by atoms with Crippen molar-refractivity contribution in [2.24, 2.45) is 0 Å². The van der Waals surface area contributed by atoms with Gasteiger partial charge >= 0.3 is 0 Å². The number of aromatic nitrogens is 4. The lowest BCUT2D eigenvalue weighted by Crippen LogP contribution is -2.18. The second kappa shape index (κ2) is 5.47. The van der Waals surface area contributed by atoms with E-state index in [2.05, 4.69) is 15.0 Å². The first-order valence-corrected chi connectivity index (χ1v) is 6.41. The van der Waals surface area contributed by atoms with Crippen molar-refractivity contribution in [2.75, 3.05) is 0 Å². The van der Waals surface area contributed by atoms with Gasteiger partial charge in [0.05, 0.1) is 12.9 Å². The smallest absolute Gasteiger partial charge is 0.274 e. The van der Waals surface area contributed by atoms with Crippen molar-refractivity contribution in [3.05, 3.63) is 53.2 Å². The molecule has 0 saturated heterocycles. The van der Waals surface area contributed by atoms with Gasteiger partial charge < -0.3 is 4.57 Å². The second-order valence-electron chi connectivity index (χ2n) is 4.35. The molecule has 8 heteroatoms. The predicted molar refractivity (Wildman–Crippen MR) is 75.1 cm³/mol. The van der Waals surface area contributed by atoms with Crippen LogP contribution in [0.2, 0.25) is 5.15 Å². The Morgan fingerprint density at radius 3 is 2.71 bits per heavy atom. The highest BCUT2D eigenvalue weighted by atomic mass is 35.5. The Morgan fingerprint density at radius 2 is 2.00 bits per heavy atom. The number of imidazole rings is 1. The molecule has 0 radical (unpaired) electrons. The normalized spacial score (nSPS) is 10.8. The van der Waals surface area contributed by atoms with Gasteiger partial charge in [-0.3, -0.25) is 10.0 Å². The number of hydrogen-bond acceptors (Lipinski definition) is 5. The topological polar surface area (TPSA) is 92.9 Å². The summed E-state index contributed by atoms with van der Waals surface area (Å²) in [6, 6.07) is 6.84. The molecule has 3 aromatic rings. The third-order valence-electron chi connectivity index (χ3n) is 3.03. The predicted octanol–water partition coefficient (Wildman–Crippen LogP) is 1.65. The Labute approximate surface area is 124 Å². The van der Waals surface area contributed by atoms with Crippen LogP contribution in [0.1, 0.15) is 15.9 Å². The molecule has 0 aliphatic heterocycles. The standard InChI is InChI=1S/C13H10ClN5O2/c14-11-10-12(16-6-15-11)19(7-17-10)5-8-1-3-9(4-2-8)13(20)18-21/h1-4,6-7,21H,5H2,(H,18,20). The molecule has 106 valence electrons. The number of amides is 1. The first kappa shape index (κ1) is 13.5. The minimum atomic E-state index is -0.547. The maximum Gasteiger partial charge on any atom is 0.274 e. The molecule has 0 aliphatic carbocycles. The first-order chi connectivity index (χ1) is 10.2. The minimum Gasteiger partial charge on any atom is -0.311 e. The van der Waals surface area contributed by atoms with Gasteiger partial charge in [-0.2, -0.15) is 0 Å². The van der Waals surface area contributed by atoms with Gasteiger partial charge in [0, 0.05) is 5.56 Å². The summed E-state index contributed by atoms with van der Waals surface area (Å²) >= 11 is 5.95. The van der Waals surface area contributed by atoms with Gasteiger partial charge in [0.1, 0.15) is 11.8 Å². The molecule has 2 aromatic heterocycles. The molecule has 0 aliphatic rings. The summed E-state index contributed by atoms with van der Waals surface area (Å²) in [5, 5.41) is 8.88. The number of benzene rings is 1. The van der Waals surface area contributed by atoms with Crippen LogP contribution in [-0.4, -0.2) is 30.6 Å². The largest absolute Gasteiger partial charge is 0.311 e. The lowest BCUT2D eigenvalue weighted by molar-refractivity contribution is 0.0706. The summed E-state index contributed by atoms with van der Waals surface area (Å²) in [5.41, 5.74) is 4.12. The van der Waals surface area contributed by atoms with Crippen molar-refractivity contribution in [3.63, 3.8) is 0 Å². The SMILES string of the molecule is O=C(NO)c1ccc(Cn2cnc3c(Cl)ncnc32)cc1. The number of hydrogen-bond donors (Lipinski definition) is 2. The summed E-state index contributed by atoms with van der Waals surface area (Å²) in [5.74, 6) is -0.547. The van der Waals surface area contributed by atoms with Crippen LogP contribution in [0.25, 0.3) is 11.2 Å². The van der Waals surface area contributed by atoms with E-state index in [1.54, 1.807) is 36.1 Å². The van der Waals surface area contributed by atoms with Crippen LogP contribution in [0.15, 0.2) is 36.9 Å². The average Bonchev–Trinajstić information content (AvgIpc) is 2.92. The Morgan fingerprint density at radius 1 is 1.24 bits per heavy atom. The van der Waals surface area contributed by atoms with Crippen LogP contribution < -0.4 is 5.48 Å². The third-order valence-corrected chi connectivity index (χ3v) is 3.30. The number of hydroxylamine groups is 1. The van der Waals surface area contributed by atoms with E-state index < -0.39 is 5.91 Å². The van der Waals surface area contributed by atoms with Gasteiger partial charge in [-0.15, -0.1) is 0 Å². The summed E-state index contributed by atoms with van der Waals surface area (Å²) < 4.78 is 1.84. The van der Waals surface area contributed by atoms with E-state index in [1.807, 2.05) is 4.57 Å². The quantitative estimate of drug-likeness (QED) is 0.436. The summed E-state index contributed by atoms with van der Waals surface area (Å²) in [4.78, 5) is 23.5. The van der Waals surface area contributed by atoms with Crippen molar-refractivity contribution in [1.82, 2.24) is 25.0 Å². The number of rotatable bonds is 3. The molecule has 0 atom stereocenters. The van der Waals surface area contributed by atoms with E-state index in [0.717, 1.165) is 5.56 Å². The zero-order chi connectivity index (χ0) is 14.8. The van der Waals surface area contributed by atoms with Gasteiger partial charge in [0.25, 0.3) is 5.91 Å². The Bertz CT molecular complexity index is 800. The number of fused-ring (bicyclic) bond motifs is 1. The Kier molecular flexibility index (Phi) is 3.51. The Hall–Kier alpha value is -2.51. The van der Waals surface area contributed by atoms with Gasteiger partial charge in [-0.25, -0.2) is 20.4 Å². The molecule has 2 heterocycles. The van der Waals surface area contributed by atoms with Crippen LogP contribution in [0, 0.1) is 0 Å². The van der Waals surface area contributed by atoms with E-state index in [0.29, 0.717) is 28.4 Å². The molecule has 21 heavy (non-hydrogen) atoms. The first-order valence-electron chi connectivity index (χ1n) is 6.04. The monoisotopic (exact) mass is 303 g/mol. The molecule has 1 aromatic carbocycles. The molecule has 0 bridgehead atoms. The highest BCUT2D eigenvalue weighted by Crippen LogP contribution is 2.18. The van der Waals surface area contributed by atoms with Gasteiger partial charge in [-0.1, -0.05) is 23.7 Å². The van der Waals surface area contributed by atoms with E-state index in [4.69, 9.17) is 16.8 Å². The van der Waals surface area contributed by atoms with E-state index in [-0.39, 0.29) is 0 Å². The van der Waals surface area contributed by atoms with Crippen LogP contribution in [0.3, 0.4) is 0 Å². The van der Waals surface area contributed by atoms with Crippen molar-refractivity contribution < 1.29 is 10.0 Å². The van der Waals surface area contributed by atoms with E-state index >= 15 is 0 Å². The number of nitrogens with zero attached hydrogens (tertiary/aromatic N) is 4. The zero-order valence-corrected chi connectivity index (χ0v) is 11.4. The van der Waals surface area contributed by atoms with Gasteiger partial charge in [-0.05, 0) is 17.7 Å². The summed E-state index contributed by atoms with van der Waals surface area (Å²) in [7, 11) is 0. The van der Waals surface area contributed by atoms with Crippen molar-refractivity contribution in [3.8, 4) is 0 Å². The van der Waals surface area contributed by atoms with Gasteiger partial charge in [0.15, 0.2) is 10.8 Å². The lowest BCUT2D eigenvalue weighted by atomic mass is 10.1. The Balaban J connectivity index is 1.88. The van der Waals surface area contributed by atoms with Crippen LogP contribution in [-0.2, 0) is 6.54 Å². The maximum atomic E-state index is 11.2. The third kappa shape index (κ3) is 2.56. The molecule has 0 saturated carbocycles. The number of halogens is 1. The average molecular weight is 304 g/mol. The zero-order valence-electron chi connectivity index (χ0n) is 10.7.